The van der Waals surface area contributed by atoms with Crippen LogP contribution in [-0.2, 0) is 19.9 Å². The van der Waals surface area contributed by atoms with Crippen molar-refractivity contribution >= 4 is 43.2 Å². The van der Waals surface area contributed by atoms with E-state index >= 15 is 0 Å². The van der Waals surface area contributed by atoms with Gasteiger partial charge in [0.1, 0.15) is 0 Å². The highest BCUT2D eigenvalue weighted by atomic mass is 79.9. The fourth-order valence-electron chi connectivity index (χ4n) is 1.83. The van der Waals surface area contributed by atoms with Crippen LogP contribution >= 0.6 is 43.2 Å². The van der Waals surface area contributed by atoms with Crippen molar-refractivity contribution < 1.29 is 5.11 Å². The van der Waals surface area contributed by atoms with Gasteiger partial charge in [-0.2, -0.15) is 5.10 Å². The molecule has 6 heteroatoms. The topological polar surface area (TPSA) is 38.0 Å². The highest BCUT2D eigenvalue weighted by molar-refractivity contribution is 9.11. The van der Waals surface area contributed by atoms with Crippen LogP contribution in [0, 0.1) is 0 Å². The van der Waals surface area contributed by atoms with Crippen LogP contribution in [0.4, 0.5) is 0 Å². The number of halogens is 2. The Morgan fingerprint density at radius 2 is 2.17 bits per heavy atom. The lowest BCUT2D eigenvalue weighted by Gasteiger charge is -2.09. The Bertz CT molecular complexity index is 550. The summed E-state index contributed by atoms with van der Waals surface area (Å²) in [5.74, 6) is 0. The molecule has 0 aromatic carbocycles. The lowest BCUT2D eigenvalue weighted by molar-refractivity contribution is 0.179. The Kier molecular flexibility index (Phi) is 4.64. The number of aliphatic hydroxyl groups excluding tert-OH is 1. The second-order valence-corrected chi connectivity index (χ2v) is 7.33. The van der Waals surface area contributed by atoms with E-state index in [9.17, 15) is 5.11 Å². The molecule has 2 rings (SSSR count). The molecule has 2 aromatic heterocycles. The van der Waals surface area contributed by atoms with Gasteiger partial charge in [0, 0.05) is 18.3 Å². The van der Waals surface area contributed by atoms with Gasteiger partial charge < -0.3 is 5.11 Å². The van der Waals surface area contributed by atoms with Gasteiger partial charge in [-0.25, -0.2) is 0 Å². The molecule has 98 valence electrons. The maximum atomic E-state index is 10.2. The van der Waals surface area contributed by atoms with Gasteiger partial charge >= 0.3 is 0 Å². The average Bonchev–Trinajstić information content (AvgIpc) is 2.87. The van der Waals surface area contributed by atoms with Gasteiger partial charge in [-0.05, 0) is 50.4 Å². The van der Waals surface area contributed by atoms with E-state index in [1.54, 1.807) is 11.3 Å². The summed E-state index contributed by atoms with van der Waals surface area (Å²) in [6.07, 6.45) is 0.962. The molecule has 0 saturated heterocycles. The van der Waals surface area contributed by atoms with Gasteiger partial charge in [-0.1, -0.05) is 6.92 Å². The predicted molar refractivity (Wildman–Crippen MR) is 81.0 cm³/mol. The second-order valence-electron chi connectivity index (χ2n) is 4.05. The third-order valence-electron chi connectivity index (χ3n) is 2.81. The van der Waals surface area contributed by atoms with Crippen molar-refractivity contribution in [3.8, 4) is 0 Å². The number of hydrogen-bond acceptors (Lipinski definition) is 3. The van der Waals surface area contributed by atoms with E-state index in [0.717, 1.165) is 30.9 Å². The second kappa shape index (κ2) is 5.86. The van der Waals surface area contributed by atoms with Crippen LogP contribution in [0.2, 0.25) is 0 Å². The van der Waals surface area contributed by atoms with Gasteiger partial charge in [0.2, 0.25) is 0 Å². The van der Waals surface area contributed by atoms with Gasteiger partial charge in [0.05, 0.1) is 25.8 Å². The van der Waals surface area contributed by atoms with Crippen molar-refractivity contribution in [2.24, 2.45) is 7.05 Å². The van der Waals surface area contributed by atoms with E-state index in [-0.39, 0.29) is 0 Å². The molecule has 0 saturated carbocycles. The molecule has 0 radical (unpaired) electrons. The van der Waals surface area contributed by atoms with Crippen LogP contribution in [0.25, 0.3) is 0 Å². The van der Waals surface area contributed by atoms with Crippen LogP contribution in [-0.4, -0.2) is 14.9 Å². The molecule has 1 N–H and O–H groups in total. The summed E-state index contributed by atoms with van der Waals surface area (Å²) in [5.41, 5.74) is 2.07. The van der Waals surface area contributed by atoms with Crippen LogP contribution < -0.4 is 0 Å². The number of aryl methyl sites for hydroxylation is 2. The van der Waals surface area contributed by atoms with Crippen LogP contribution in [0.3, 0.4) is 0 Å². The Labute approximate surface area is 127 Å². The highest BCUT2D eigenvalue weighted by Gasteiger charge is 2.18. The summed E-state index contributed by atoms with van der Waals surface area (Å²) in [7, 11) is 1.91. The Morgan fingerprint density at radius 3 is 2.67 bits per heavy atom. The molecule has 0 bridgehead atoms. The molecule has 1 atom stereocenters. The number of nitrogens with zero attached hydrogens (tertiary/aromatic N) is 2. The molecule has 0 aliphatic heterocycles. The van der Waals surface area contributed by atoms with Crippen molar-refractivity contribution in [3.63, 3.8) is 0 Å². The molecule has 0 fully saturated rings. The number of rotatable bonds is 4. The molecule has 2 heterocycles. The molecule has 0 aliphatic carbocycles. The molecular formula is C12H14Br2N2OS. The predicted octanol–water partition coefficient (Wildman–Crippen LogP) is 3.85. The molecule has 0 amide bonds. The summed E-state index contributed by atoms with van der Waals surface area (Å²) in [6, 6.07) is 3.91. The summed E-state index contributed by atoms with van der Waals surface area (Å²) in [4.78, 5) is 0.966. The molecule has 0 aliphatic rings. The van der Waals surface area contributed by atoms with Crippen molar-refractivity contribution in [2.45, 2.75) is 25.9 Å². The fraction of sp³-hybridized carbons (Fsp3) is 0.417. The molecule has 3 nitrogen and oxygen atoms in total. The normalized spacial score (nSPS) is 12.9. The first-order valence-electron chi connectivity index (χ1n) is 5.66. The summed E-state index contributed by atoms with van der Waals surface area (Å²) in [5, 5.41) is 14.7. The first-order valence-corrected chi connectivity index (χ1v) is 8.06. The Morgan fingerprint density at radius 1 is 1.44 bits per heavy atom. The minimum absolute atomic E-state index is 0.488. The van der Waals surface area contributed by atoms with E-state index < -0.39 is 6.10 Å². The van der Waals surface area contributed by atoms with Gasteiger partial charge in [-0.15, -0.1) is 11.3 Å². The summed E-state index contributed by atoms with van der Waals surface area (Å²) >= 11 is 8.54. The van der Waals surface area contributed by atoms with E-state index in [4.69, 9.17) is 0 Å². The van der Waals surface area contributed by atoms with Crippen LogP contribution in [0.1, 0.15) is 29.3 Å². The fourth-order valence-corrected chi connectivity index (χ4v) is 4.02. The highest BCUT2D eigenvalue weighted by Crippen LogP contribution is 2.31. The monoisotopic (exact) mass is 392 g/mol. The van der Waals surface area contributed by atoms with Crippen LogP contribution in [0.5, 0.6) is 0 Å². The first-order chi connectivity index (χ1) is 8.52. The molecule has 2 aromatic rings. The lowest BCUT2D eigenvalue weighted by atomic mass is 10.1. The largest absolute Gasteiger partial charge is 0.387 e. The number of thiophene rings is 1. The zero-order valence-electron chi connectivity index (χ0n) is 10.2. The minimum atomic E-state index is -0.488. The van der Waals surface area contributed by atoms with Gasteiger partial charge in [0.25, 0.3) is 0 Å². The van der Waals surface area contributed by atoms with E-state index in [0.29, 0.717) is 6.42 Å². The minimum Gasteiger partial charge on any atom is -0.387 e. The Hall–Kier alpha value is -0.170. The van der Waals surface area contributed by atoms with E-state index in [1.807, 2.05) is 23.9 Å². The Balaban J connectivity index is 2.21. The summed E-state index contributed by atoms with van der Waals surface area (Å²) < 4.78 is 3.89. The van der Waals surface area contributed by atoms with Gasteiger partial charge in [0.15, 0.2) is 0 Å². The number of hydrogen-bond donors (Lipinski definition) is 1. The smallest absolute Gasteiger partial charge is 0.0937 e. The first kappa shape index (κ1) is 14.2. The number of aromatic nitrogens is 2. The van der Waals surface area contributed by atoms with Crippen LogP contribution in [0.15, 0.2) is 20.4 Å². The average molecular weight is 394 g/mol. The lowest BCUT2D eigenvalue weighted by Crippen LogP contribution is -2.05. The molecular weight excluding hydrogens is 380 g/mol. The molecule has 1 unspecified atom stereocenters. The third kappa shape index (κ3) is 2.87. The van der Waals surface area contributed by atoms with Crippen molar-refractivity contribution in [1.29, 1.82) is 0 Å². The van der Waals surface area contributed by atoms with Crippen molar-refractivity contribution in [2.75, 3.05) is 0 Å². The maximum Gasteiger partial charge on any atom is 0.0937 e. The molecule has 0 spiro atoms. The van der Waals surface area contributed by atoms with Crippen molar-refractivity contribution in [1.82, 2.24) is 9.78 Å². The van der Waals surface area contributed by atoms with E-state index in [1.165, 1.54) is 0 Å². The SMILES string of the molecule is CCc1nn(C)c(CC(O)c2ccc(Br)s2)c1Br. The van der Waals surface area contributed by atoms with Gasteiger partial charge in [-0.3, -0.25) is 4.68 Å². The molecule has 18 heavy (non-hydrogen) atoms. The van der Waals surface area contributed by atoms with E-state index in [2.05, 4.69) is 43.9 Å². The zero-order chi connectivity index (χ0) is 13.3. The quantitative estimate of drug-likeness (QED) is 0.856. The number of aliphatic hydroxyl groups is 1. The van der Waals surface area contributed by atoms with Crippen molar-refractivity contribution in [3.05, 3.63) is 36.7 Å². The standard InChI is InChI=1S/C12H14Br2N2OS/c1-3-7-12(14)8(16(2)15-7)6-9(17)10-4-5-11(13)18-10/h4-5,9,17H,3,6H2,1-2H3. The summed E-state index contributed by atoms with van der Waals surface area (Å²) in [6.45, 7) is 2.07. The zero-order valence-corrected chi connectivity index (χ0v) is 14.1. The third-order valence-corrected chi connectivity index (χ3v) is 5.45. The maximum absolute atomic E-state index is 10.2.